The monoisotopic (exact) mass is 247 g/mol. The quantitative estimate of drug-likeness (QED) is 0.755. The van der Waals surface area contributed by atoms with Crippen LogP contribution in [0.4, 0.5) is 5.69 Å². The molecule has 1 amide bonds. The zero-order valence-corrected chi connectivity index (χ0v) is 10.9. The minimum Gasteiger partial charge on any atom is -0.373 e. The van der Waals surface area contributed by atoms with Crippen LogP contribution in [0.25, 0.3) is 0 Å². The van der Waals surface area contributed by atoms with Crippen molar-refractivity contribution in [2.75, 3.05) is 31.6 Å². The molecule has 0 bridgehead atoms. The molecule has 4 heteroatoms. The highest BCUT2D eigenvalue weighted by atomic mass is 16.1. The van der Waals surface area contributed by atoms with Gasteiger partial charge in [0.1, 0.15) is 0 Å². The van der Waals surface area contributed by atoms with Crippen LogP contribution >= 0.6 is 0 Å². The van der Waals surface area contributed by atoms with E-state index in [0.29, 0.717) is 19.1 Å². The van der Waals surface area contributed by atoms with Crippen molar-refractivity contribution in [3.05, 3.63) is 30.3 Å². The van der Waals surface area contributed by atoms with Gasteiger partial charge in [0, 0.05) is 31.9 Å². The number of carbonyl (C=O) groups is 1. The molecule has 2 rings (SSSR count). The topological polar surface area (TPSA) is 44.4 Å². The third kappa shape index (κ3) is 4.37. The van der Waals surface area contributed by atoms with Crippen molar-refractivity contribution >= 4 is 11.6 Å². The summed E-state index contributed by atoms with van der Waals surface area (Å²) in [6, 6.07) is 10.8. The Morgan fingerprint density at radius 3 is 2.72 bits per heavy atom. The minimum atomic E-state index is 0.0864. The Balaban J connectivity index is 1.60. The maximum Gasteiger partial charge on any atom is 0.234 e. The molecule has 1 aromatic rings. The van der Waals surface area contributed by atoms with Gasteiger partial charge in [-0.3, -0.25) is 4.79 Å². The van der Waals surface area contributed by atoms with Crippen molar-refractivity contribution in [3.63, 3.8) is 0 Å². The van der Waals surface area contributed by atoms with E-state index in [9.17, 15) is 4.79 Å². The molecule has 18 heavy (non-hydrogen) atoms. The van der Waals surface area contributed by atoms with Gasteiger partial charge in [0.25, 0.3) is 0 Å². The van der Waals surface area contributed by atoms with Gasteiger partial charge in [0.2, 0.25) is 5.91 Å². The molecule has 98 valence electrons. The first-order valence-electron chi connectivity index (χ1n) is 6.52. The Kier molecular flexibility index (Phi) is 4.59. The summed E-state index contributed by atoms with van der Waals surface area (Å²) in [5.41, 5.74) is 1.17. The predicted octanol–water partition coefficient (Wildman–Crippen LogP) is 0.991. The number of rotatable bonds is 7. The summed E-state index contributed by atoms with van der Waals surface area (Å²) < 4.78 is 0. The van der Waals surface area contributed by atoms with Crippen LogP contribution in [0.2, 0.25) is 0 Å². The van der Waals surface area contributed by atoms with Gasteiger partial charge in [-0.1, -0.05) is 18.2 Å². The van der Waals surface area contributed by atoms with Crippen molar-refractivity contribution < 1.29 is 4.79 Å². The first kappa shape index (κ1) is 12.9. The normalized spacial score (nSPS) is 14.3. The van der Waals surface area contributed by atoms with Crippen molar-refractivity contribution in [1.82, 2.24) is 10.6 Å². The summed E-state index contributed by atoms with van der Waals surface area (Å²) >= 11 is 0. The van der Waals surface area contributed by atoms with Crippen molar-refractivity contribution in [2.24, 2.45) is 0 Å². The lowest BCUT2D eigenvalue weighted by Crippen LogP contribution is -2.38. The molecule has 4 nitrogen and oxygen atoms in total. The zero-order chi connectivity index (χ0) is 12.8. The smallest absolute Gasteiger partial charge is 0.234 e. The summed E-state index contributed by atoms with van der Waals surface area (Å²) in [7, 11) is 2.03. The van der Waals surface area contributed by atoms with Crippen LogP contribution in [0.1, 0.15) is 12.8 Å². The number of nitrogens with one attached hydrogen (secondary N) is 2. The number of hydrogen-bond acceptors (Lipinski definition) is 3. The molecule has 0 spiro atoms. The number of anilines is 1. The predicted molar refractivity (Wildman–Crippen MR) is 73.7 cm³/mol. The molecule has 2 N–H and O–H groups in total. The van der Waals surface area contributed by atoms with Crippen LogP contribution in [0.15, 0.2) is 30.3 Å². The number of hydrogen-bond donors (Lipinski definition) is 2. The van der Waals surface area contributed by atoms with Crippen LogP contribution < -0.4 is 15.5 Å². The van der Waals surface area contributed by atoms with Gasteiger partial charge in [-0.2, -0.15) is 0 Å². The van der Waals surface area contributed by atoms with E-state index in [2.05, 4.69) is 27.7 Å². The molecule has 0 aromatic heterocycles. The summed E-state index contributed by atoms with van der Waals surface area (Å²) in [6.07, 6.45) is 2.42. The van der Waals surface area contributed by atoms with Crippen LogP contribution in [0, 0.1) is 0 Å². The third-order valence-corrected chi connectivity index (χ3v) is 3.09. The molecule has 1 aromatic carbocycles. The number of carbonyl (C=O) groups excluding carboxylic acids is 1. The lowest BCUT2D eigenvalue weighted by Gasteiger charge is -2.19. The summed E-state index contributed by atoms with van der Waals surface area (Å²) in [4.78, 5) is 13.6. The van der Waals surface area contributed by atoms with E-state index >= 15 is 0 Å². The molecular formula is C14H21N3O. The van der Waals surface area contributed by atoms with Crippen LogP contribution in [0.5, 0.6) is 0 Å². The van der Waals surface area contributed by atoms with Crippen molar-refractivity contribution in [1.29, 1.82) is 0 Å². The van der Waals surface area contributed by atoms with Crippen LogP contribution in [-0.2, 0) is 4.79 Å². The molecule has 0 saturated heterocycles. The number of para-hydroxylation sites is 1. The first-order chi connectivity index (χ1) is 8.75. The minimum absolute atomic E-state index is 0.0864. The molecule has 0 atom stereocenters. The Morgan fingerprint density at radius 2 is 2.06 bits per heavy atom. The Morgan fingerprint density at radius 1 is 1.33 bits per heavy atom. The molecule has 1 fully saturated rings. The molecule has 1 aliphatic carbocycles. The standard InChI is InChI=1S/C14H21N3O/c1-17(13-5-3-2-4-6-13)10-9-15-14(18)11-16-12-7-8-12/h2-6,12,16H,7-11H2,1H3,(H,15,18). The van der Waals surface area contributed by atoms with Crippen molar-refractivity contribution in [2.45, 2.75) is 18.9 Å². The summed E-state index contributed by atoms with van der Waals surface area (Å²) in [6.45, 7) is 1.94. The van der Waals surface area contributed by atoms with Gasteiger partial charge < -0.3 is 15.5 Å². The highest BCUT2D eigenvalue weighted by Gasteiger charge is 2.20. The lowest BCUT2D eigenvalue weighted by atomic mass is 10.3. The second kappa shape index (κ2) is 6.40. The molecular weight excluding hydrogens is 226 g/mol. The molecule has 0 unspecified atom stereocenters. The maximum atomic E-state index is 11.5. The fraction of sp³-hybridized carbons (Fsp3) is 0.500. The van der Waals surface area contributed by atoms with E-state index in [-0.39, 0.29) is 5.91 Å². The molecule has 1 aliphatic rings. The van der Waals surface area contributed by atoms with Gasteiger partial charge in [-0.25, -0.2) is 0 Å². The van der Waals surface area contributed by atoms with E-state index in [1.807, 2.05) is 25.2 Å². The molecule has 0 aliphatic heterocycles. The average molecular weight is 247 g/mol. The molecule has 0 heterocycles. The second-order valence-electron chi connectivity index (χ2n) is 4.76. The number of nitrogens with zero attached hydrogens (tertiary/aromatic N) is 1. The fourth-order valence-electron chi connectivity index (χ4n) is 1.76. The van der Waals surface area contributed by atoms with Gasteiger partial charge in [0.05, 0.1) is 6.54 Å². The van der Waals surface area contributed by atoms with Gasteiger partial charge >= 0.3 is 0 Å². The van der Waals surface area contributed by atoms with Crippen LogP contribution in [-0.4, -0.2) is 38.6 Å². The van der Waals surface area contributed by atoms with E-state index in [4.69, 9.17) is 0 Å². The van der Waals surface area contributed by atoms with Crippen molar-refractivity contribution in [3.8, 4) is 0 Å². The summed E-state index contributed by atoms with van der Waals surface area (Å²) in [5.74, 6) is 0.0864. The zero-order valence-electron chi connectivity index (χ0n) is 10.9. The van der Waals surface area contributed by atoms with E-state index in [1.54, 1.807) is 0 Å². The highest BCUT2D eigenvalue weighted by Crippen LogP contribution is 2.17. The summed E-state index contributed by atoms with van der Waals surface area (Å²) in [5, 5.41) is 6.12. The molecule has 0 radical (unpaired) electrons. The van der Waals surface area contributed by atoms with Gasteiger partial charge in [0.15, 0.2) is 0 Å². The second-order valence-corrected chi connectivity index (χ2v) is 4.76. The molecule has 1 saturated carbocycles. The van der Waals surface area contributed by atoms with Gasteiger partial charge in [-0.05, 0) is 25.0 Å². The third-order valence-electron chi connectivity index (χ3n) is 3.09. The Hall–Kier alpha value is -1.55. The SMILES string of the molecule is CN(CCNC(=O)CNC1CC1)c1ccccc1. The number of benzene rings is 1. The van der Waals surface area contributed by atoms with E-state index in [1.165, 1.54) is 18.5 Å². The maximum absolute atomic E-state index is 11.5. The van der Waals surface area contributed by atoms with E-state index in [0.717, 1.165) is 6.54 Å². The van der Waals surface area contributed by atoms with Crippen LogP contribution in [0.3, 0.4) is 0 Å². The Labute approximate surface area is 108 Å². The number of likely N-dealkylation sites (N-methyl/N-ethyl adjacent to an activating group) is 1. The average Bonchev–Trinajstić information content (AvgIpc) is 3.21. The highest BCUT2D eigenvalue weighted by molar-refractivity contribution is 5.78. The lowest BCUT2D eigenvalue weighted by molar-refractivity contribution is -0.120. The largest absolute Gasteiger partial charge is 0.373 e. The Bertz CT molecular complexity index is 376. The van der Waals surface area contributed by atoms with Gasteiger partial charge in [-0.15, -0.1) is 0 Å². The number of amides is 1. The first-order valence-corrected chi connectivity index (χ1v) is 6.52. The van der Waals surface area contributed by atoms with E-state index < -0.39 is 0 Å². The fourth-order valence-corrected chi connectivity index (χ4v) is 1.76.